The van der Waals surface area contributed by atoms with E-state index in [9.17, 15) is 33.8 Å². The quantitative estimate of drug-likeness (QED) is 0.0897. The lowest BCUT2D eigenvalue weighted by Gasteiger charge is -2.35. The number of hydrogen-bond acceptors (Lipinski definition) is 7. The van der Waals surface area contributed by atoms with Crippen LogP contribution >= 0.6 is 27.5 Å². The Morgan fingerprint density at radius 2 is 1.31 bits per heavy atom. The molecule has 2 aromatic heterocycles. The topological polar surface area (TPSA) is 208 Å². The Hall–Kier alpha value is -7.11. The third-order valence-electron chi connectivity index (χ3n) is 10.7. The third kappa shape index (κ3) is 6.26. The van der Waals surface area contributed by atoms with Gasteiger partial charge in [-0.1, -0.05) is 88.2 Å². The highest BCUT2D eigenvalue weighted by Crippen LogP contribution is 2.48. The number of benzene rings is 6. The van der Waals surface area contributed by atoms with Crippen LogP contribution in [0.5, 0.6) is 0 Å². The molecule has 6 aromatic carbocycles. The van der Waals surface area contributed by atoms with Crippen LogP contribution in [0.4, 0.5) is 26.5 Å². The van der Waals surface area contributed by atoms with Gasteiger partial charge in [0.05, 0.1) is 38.5 Å². The number of aliphatic hydroxyl groups is 2. The van der Waals surface area contributed by atoms with Gasteiger partial charge in [-0.05, 0) is 73.2 Å². The van der Waals surface area contributed by atoms with E-state index in [1.54, 1.807) is 91.0 Å². The molecule has 61 heavy (non-hydrogen) atoms. The zero-order valence-electron chi connectivity index (χ0n) is 31.5. The number of anilines is 3. The van der Waals surface area contributed by atoms with Crippen LogP contribution in [0.15, 0.2) is 131 Å². The van der Waals surface area contributed by atoms with Gasteiger partial charge in [-0.25, -0.2) is 19.0 Å². The van der Waals surface area contributed by atoms with Crippen LogP contribution in [-0.2, 0) is 11.4 Å². The van der Waals surface area contributed by atoms with Crippen LogP contribution in [0.3, 0.4) is 0 Å². The van der Waals surface area contributed by atoms with Crippen molar-refractivity contribution >= 4 is 84.8 Å². The van der Waals surface area contributed by atoms with Gasteiger partial charge in [-0.3, -0.25) is 24.7 Å². The van der Waals surface area contributed by atoms with E-state index in [0.29, 0.717) is 50.0 Å². The Labute approximate surface area is 357 Å². The van der Waals surface area contributed by atoms with Gasteiger partial charge in [0.15, 0.2) is 17.3 Å². The summed E-state index contributed by atoms with van der Waals surface area (Å²) in [6.45, 7) is 1.88. The summed E-state index contributed by atoms with van der Waals surface area (Å²) in [5.74, 6) is -1.63. The minimum atomic E-state index is -2.00. The van der Waals surface area contributed by atoms with Crippen LogP contribution in [0, 0.1) is 12.7 Å². The number of imidazole rings is 2. The van der Waals surface area contributed by atoms with Crippen molar-refractivity contribution in [1.29, 1.82) is 0 Å². The predicted molar refractivity (Wildman–Crippen MR) is 229 cm³/mol. The van der Waals surface area contributed by atoms with E-state index in [0.717, 1.165) is 14.9 Å². The largest absolute Gasteiger partial charge is 0.465 e. The number of rotatable bonds is 5. The number of aryl methyl sites for hydroxylation is 1. The molecule has 14 nitrogen and oxygen atoms in total. The Balaban J connectivity index is 0.000000157. The Bertz CT molecular complexity index is 3210. The summed E-state index contributed by atoms with van der Waals surface area (Å²) in [4.78, 5) is 64.0. The number of carbonyl (C=O) groups excluding carboxylic acids is 2. The number of nitrogens with one attached hydrogen (secondary N) is 4. The summed E-state index contributed by atoms with van der Waals surface area (Å²) in [7, 11) is 0. The van der Waals surface area contributed by atoms with E-state index in [1.807, 2.05) is 19.1 Å². The molecule has 3 amide bonds. The second kappa shape index (κ2) is 14.6. The van der Waals surface area contributed by atoms with Crippen molar-refractivity contribution in [3.63, 3.8) is 0 Å². The van der Waals surface area contributed by atoms with E-state index in [1.165, 1.54) is 23.1 Å². The molecule has 0 saturated carbocycles. The predicted octanol–water partition coefficient (Wildman–Crippen LogP) is 8.08. The SMILES string of the molecule is Cc1ccc(Br)cc1N1C(=O)c2ccccc2C1(O)c1ccc2nc(NC(=O)O)[nH]c2c1.O=C1c2ccccc2C(O)(c2ccc3[nH]c(=O)[nH]c3c2)N1c1cccc(Cl)c1F. The number of hydrogen-bond donors (Lipinski definition) is 7. The van der Waals surface area contributed by atoms with Gasteiger partial charge >= 0.3 is 11.8 Å². The summed E-state index contributed by atoms with van der Waals surface area (Å²) in [6, 6.07) is 33.1. The summed E-state index contributed by atoms with van der Waals surface area (Å²) in [6.07, 6.45) is -1.24. The fourth-order valence-corrected chi connectivity index (χ4v) is 8.50. The molecule has 8 aromatic rings. The molecule has 4 heterocycles. The highest BCUT2D eigenvalue weighted by molar-refractivity contribution is 9.10. The second-order valence-corrected chi connectivity index (χ2v) is 15.6. The van der Waals surface area contributed by atoms with Crippen molar-refractivity contribution in [3.8, 4) is 0 Å². The van der Waals surface area contributed by atoms with Crippen molar-refractivity contribution in [2.45, 2.75) is 18.4 Å². The second-order valence-electron chi connectivity index (χ2n) is 14.3. The number of nitrogens with zero attached hydrogens (tertiary/aromatic N) is 3. The molecule has 10 rings (SSSR count). The maximum atomic E-state index is 14.9. The minimum absolute atomic E-state index is 0.0687. The van der Waals surface area contributed by atoms with Crippen LogP contribution in [-0.4, -0.2) is 53.2 Å². The fourth-order valence-electron chi connectivity index (χ4n) is 7.98. The third-order valence-corrected chi connectivity index (χ3v) is 11.5. The zero-order valence-corrected chi connectivity index (χ0v) is 33.8. The van der Waals surface area contributed by atoms with E-state index < -0.39 is 35.0 Å². The summed E-state index contributed by atoms with van der Waals surface area (Å²) in [5.41, 5.74) is 1.25. The average molecular weight is 903 g/mol. The minimum Gasteiger partial charge on any atom is -0.465 e. The first-order chi connectivity index (χ1) is 29.2. The number of carbonyl (C=O) groups is 3. The molecule has 17 heteroatoms. The van der Waals surface area contributed by atoms with Gasteiger partial charge in [-0.15, -0.1) is 0 Å². The summed E-state index contributed by atoms with van der Waals surface area (Å²) >= 11 is 9.39. The Kier molecular flexibility index (Phi) is 9.40. The number of fused-ring (bicyclic) bond motifs is 4. The van der Waals surface area contributed by atoms with E-state index >= 15 is 0 Å². The molecular weight excluding hydrogens is 873 g/mol. The lowest BCUT2D eigenvalue weighted by Crippen LogP contribution is -2.45. The fraction of sp³-hybridized carbons (Fsp3) is 0.0682. The molecule has 2 aliphatic rings. The van der Waals surface area contributed by atoms with Crippen LogP contribution in [0.25, 0.3) is 22.1 Å². The number of aromatic nitrogens is 4. The first-order valence-electron chi connectivity index (χ1n) is 18.5. The molecule has 2 unspecified atom stereocenters. The molecule has 304 valence electrons. The maximum Gasteiger partial charge on any atom is 0.411 e. The molecule has 0 radical (unpaired) electrons. The molecule has 0 aliphatic carbocycles. The first kappa shape index (κ1) is 39.4. The average Bonchev–Trinajstić information content (AvgIpc) is 3.95. The van der Waals surface area contributed by atoms with Crippen LogP contribution in [0.2, 0.25) is 5.02 Å². The number of amides is 3. The first-order valence-corrected chi connectivity index (χ1v) is 19.6. The highest BCUT2D eigenvalue weighted by Gasteiger charge is 2.52. The van der Waals surface area contributed by atoms with Crippen LogP contribution < -0.4 is 20.8 Å². The Morgan fingerprint density at radius 1 is 0.721 bits per heavy atom. The van der Waals surface area contributed by atoms with Crippen molar-refractivity contribution in [2.24, 2.45) is 0 Å². The highest BCUT2D eigenvalue weighted by atomic mass is 79.9. The van der Waals surface area contributed by atoms with Crippen LogP contribution in [0.1, 0.15) is 48.5 Å². The normalized spacial score (nSPS) is 18.0. The molecule has 0 fully saturated rings. The van der Waals surface area contributed by atoms with Crippen molar-refractivity contribution < 1.29 is 34.1 Å². The molecule has 0 spiro atoms. The molecular formula is C44H30BrClFN7O7. The molecule has 2 aliphatic heterocycles. The van der Waals surface area contributed by atoms with E-state index in [-0.39, 0.29) is 33.7 Å². The molecule has 0 saturated heterocycles. The van der Waals surface area contributed by atoms with E-state index in [4.69, 9.17) is 16.7 Å². The molecule has 7 N–H and O–H groups in total. The molecule has 0 bridgehead atoms. The number of halogens is 3. The van der Waals surface area contributed by atoms with Gasteiger partial charge in [-0.2, -0.15) is 0 Å². The van der Waals surface area contributed by atoms with Crippen molar-refractivity contribution in [3.05, 3.63) is 186 Å². The maximum absolute atomic E-state index is 14.9. The van der Waals surface area contributed by atoms with Gasteiger partial charge in [0.1, 0.15) is 0 Å². The molecule has 2 atom stereocenters. The summed E-state index contributed by atoms with van der Waals surface area (Å²) in [5, 5.41) is 35.0. The smallest absolute Gasteiger partial charge is 0.411 e. The zero-order chi connectivity index (χ0) is 43.0. The van der Waals surface area contributed by atoms with Gasteiger partial charge < -0.3 is 30.3 Å². The number of aromatic amines is 3. The van der Waals surface area contributed by atoms with Gasteiger partial charge in [0.2, 0.25) is 5.95 Å². The standard InChI is InChI=1S/C23H17BrN4O4.C21H13ClFN3O3/c1-12-6-8-14(24)11-19(12)28-20(29)15-4-2-3-5-16(15)23(28,32)13-7-9-17-18(10-13)26-21(25-17)27-22(30)31;22-14-6-3-7-17(18(14)23)26-19(27)12-4-1-2-5-13(12)21(26,29)11-8-9-15-16(10-11)25-20(28)24-15/h2-11,32H,1H3,(H,30,31)(H2,25,26,27);1-10,29H,(H2,24,25,28). The van der Waals surface area contributed by atoms with E-state index in [2.05, 4.69) is 41.2 Å². The lowest BCUT2D eigenvalue weighted by molar-refractivity contribution is 0.0691. The lowest BCUT2D eigenvalue weighted by atomic mass is 9.93. The van der Waals surface area contributed by atoms with Crippen molar-refractivity contribution in [2.75, 3.05) is 15.1 Å². The van der Waals surface area contributed by atoms with Gasteiger partial charge in [0.25, 0.3) is 11.8 Å². The summed E-state index contributed by atoms with van der Waals surface area (Å²) < 4.78 is 15.7. The monoisotopic (exact) mass is 901 g/mol. The van der Waals surface area contributed by atoms with Crippen molar-refractivity contribution in [1.82, 2.24) is 19.9 Å². The van der Waals surface area contributed by atoms with Gasteiger partial charge in [0, 0.05) is 37.9 Å². The number of carboxylic acid groups (broad SMARTS) is 1. The Morgan fingerprint density at radius 3 is 1.97 bits per heavy atom. The number of H-pyrrole nitrogens is 3.